The van der Waals surface area contributed by atoms with Gasteiger partial charge in [0.05, 0.1) is 12.1 Å². The fourth-order valence-electron chi connectivity index (χ4n) is 1.73. The number of hydrogen-bond donors (Lipinski definition) is 3. The largest absolute Gasteiger partial charge is 0.387 e. The molecular weight excluding hydrogens is 228 g/mol. The van der Waals surface area contributed by atoms with Gasteiger partial charge in [0, 0.05) is 12.6 Å². The van der Waals surface area contributed by atoms with Crippen molar-refractivity contribution in [3.05, 3.63) is 35.9 Å². The smallest absolute Gasteiger partial charge is 0.237 e. The normalized spacial score (nSPS) is 18.1. The number of amides is 1. The molecule has 1 aliphatic rings. The summed E-state index contributed by atoms with van der Waals surface area (Å²) in [6.45, 7) is 2.19. The summed E-state index contributed by atoms with van der Waals surface area (Å²) in [6.07, 6.45) is 1.60. The second kappa shape index (κ2) is 5.98. The van der Waals surface area contributed by atoms with Crippen LogP contribution >= 0.6 is 0 Å². The summed E-state index contributed by atoms with van der Waals surface area (Å²) in [5.74, 6) is 0.0118. The molecule has 2 rings (SSSR count). The molecule has 3 N–H and O–H groups in total. The topological polar surface area (TPSA) is 61.4 Å². The Morgan fingerprint density at radius 1 is 1.39 bits per heavy atom. The van der Waals surface area contributed by atoms with Crippen LogP contribution in [-0.2, 0) is 4.79 Å². The minimum atomic E-state index is -0.581. The Labute approximate surface area is 107 Å². The lowest BCUT2D eigenvalue weighted by molar-refractivity contribution is -0.123. The van der Waals surface area contributed by atoms with Crippen LogP contribution in [-0.4, -0.2) is 29.6 Å². The maximum Gasteiger partial charge on any atom is 0.237 e. The average Bonchev–Trinajstić information content (AvgIpc) is 3.20. The third-order valence-electron chi connectivity index (χ3n) is 3.12. The minimum Gasteiger partial charge on any atom is -0.387 e. The predicted octanol–water partition coefficient (Wildman–Crippen LogP) is 0.977. The lowest BCUT2D eigenvalue weighted by Gasteiger charge is -2.17. The van der Waals surface area contributed by atoms with Crippen LogP contribution in [0.3, 0.4) is 0 Å². The molecule has 98 valence electrons. The molecule has 0 aromatic heterocycles. The highest BCUT2D eigenvalue weighted by molar-refractivity contribution is 5.81. The van der Waals surface area contributed by atoms with E-state index < -0.39 is 6.10 Å². The van der Waals surface area contributed by atoms with Crippen molar-refractivity contribution in [3.8, 4) is 0 Å². The highest BCUT2D eigenvalue weighted by Crippen LogP contribution is 2.18. The Kier molecular flexibility index (Phi) is 4.33. The standard InChI is InChI=1S/C14H20N2O2/c1-10(14(18)16-12-7-8-12)15-9-13(17)11-5-3-2-4-6-11/h2-6,10,12-13,15,17H,7-9H2,1H3,(H,16,18). The molecule has 4 nitrogen and oxygen atoms in total. The Morgan fingerprint density at radius 3 is 2.67 bits per heavy atom. The maximum absolute atomic E-state index is 11.7. The summed E-state index contributed by atoms with van der Waals surface area (Å²) < 4.78 is 0. The third-order valence-corrected chi connectivity index (χ3v) is 3.12. The third kappa shape index (κ3) is 3.82. The van der Waals surface area contributed by atoms with Gasteiger partial charge in [-0.2, -0.15) is 0 Å². The van der Waals surface area contributed by atoms with Crippen LogP contribution in [0.1, 0.15) is 31.4 Å². The Bertz CT molecular complexity index is 390. The van der Waals surface area contributed by atoms with Crippen molar-refractivity contribution < 1.29 is 9.90 Å². The van der Waals surface area contributed by atoms with E-state index in [-0.39, 0.29) is 11.9 Å². The van der Waals surface area contributed by atoms with Crippen molar-refractivity contribution >= 4 is 5.91 Å². The van der Waals surface area contributed by atoms with E-state index in [1.165, 1.54) is 0 Å². The first-order valence-corrected chi connectivity index (χ1v) is 6.43. The van der Waals surface area contributed by atoms with Gasteiger partial charge < -0.3 is 15.7 Å². The van der Waals surface area contributed by atoms with Gasteiger partial charge in [-0.05, 0) is 25.3 Å². The van der Waals surface area contributed by atoms with Gasteiger partial charge in [-0.25, -0.2) is 0 Å². The predicted molar refractivity (Wildman–Crippen MR) is 70.0 cm³/mol. The molecule has 4 heteroatoms. The van der Waals surface area contributed by atoms with Crippen LogP contribution < -0.4 is 10.6 Å². The van der Waals surface area contributed by atoms with Crippen molar-refractivity contribution in [1.82, 2.24) is 10.6 Å². The number of carbonyl (C=O) groups excluding carboxylic acids is 1. The molecule has 1 fully saturated rings. The molecule has 1 amide bonds. The van der Waals surface area contributed by atoms with Crippen LogP contribution in [0.25, 0.3) is 0 Å². The van der Waals surface area contributed by atoms with Crippen LogP contribution in [0.4, 0.5) is 0 Å². The molecule has 1 aliphatic carbocycles. The lowest BCUT2D eigenvalue weighted by atomic mass is 10.1. The maximum atomic E-state index is 11.7. The molecule has 0 heterocycles. The highest BCUT2D eigenvalue weighted by atomic mass is 16.3. The van der Waals surface area contributed by atoms with Gasteiger partial charge >= 0.3 is 0 Å². The summed E-state index contributed by atoms with van der Waals surface area (Å²) in [7, 11) is 0. The SMILES string of the molecule is CC(NCC(O)c1ccccc1)C(=O)NC1CC1. The molecule has 1 aromatic carbocycles. The van der Waals surface area contributed by atoms with Crippen LogP contribution in [0, 0.1) is 0 Å². The van der Waals surface area contributed by atoms with Gasteiger partial charge in [0.15, 0.2) is 0 Å². The van der Waals surface area contributed by atoms with Crippen molar-refractivity contribution in [3.63, 3.8) is 0 Å². The number of aliphatic hydroxyl groups is 1. The molecule has 1 saturated carbocycles. The first-order valence-electron chi connectivity index (χ1n) is 6.43. The van der Waals surface area contributed by atoms with E-state index >= 15 is 0 Å². The molecule has 18 heavy (non-hydrogen) atoms. The molecule has 0 aliphatic heterocycles. The number of hydrogen-bond acceptors (Lipinski definition) is 3. The Hall–Kier alpha value is -1.39. The first-order chi connectivity index (χ1) is 8.66. The minimum absolute atomic E-state index is 0.0118. The summed E-state index contributed by atoms with van der Waals surface area (Å²) in [5.41, 5.74) is 0.861. The Balaban J connectivity index is 1.74. The van der Waals surface area contributed by atoms with E-state index in [0.29, 0.717) is 12.6 Å². The first kappa shape index (κ1) is 13.1. The fourth-order valence-corrected chi connectivity index (χ4v) is 1.73. The number of rotatable bonds is 6. The second-order valence-corrected chi connectivity index (χ2v) is 4.84. The van der Waals surface area contributed by atoms with Crippen molar-refractivity contribution in [1.29, 1.82) is 0 Å². The van der Waals surface area contributed by atoms with E-state index in [1.807, 2.05) is 37.3 Å². The summed E-state index contributed by atoms with van der Waals surface area (Å²) in [6, 6.07) is 9.55. The monoisotopic (exact) mass is 248 g/mol. The molecule has 0 radical (unpaired) electrons. The molecule has 0 bridgehead atoms. The van der Waals surface area contributed by atoms with Gasteiger partial charge in [-0.15, -0.1) is 0 Å². The summed E-state index contributed by atoms with van der Waals surface area (Å²) in [5, 5.41) is 15.9. The zero-order valence-corrected chi connectivity index (χ0v) is 10.6. The van der Waals surface area contributed by atoms with Crippen LogP contribution in [0.5, 0.6) is 0 Å². The average molecular weight is 248 g/mol. The molecule has 2 atom stereocenters. The van der Waals surface area contributed by atoms with Crippen LogP contribution in [0.15, 0.2) is 30.3 Å². The second-order valence-electron chi connectivity index (χ2n) is 4.84. The van der Waals surface area contributed by atoms with Gasteiger partial charge in [0.25, 0.3) is 0 Å². The van der Waals surface area contributed by atoms with E-state index in [1.54, 1.807) is 0 Å². The number of benzene rings is 1. The van der Waals surface area contributed by atoms with Gasteiger partial charge in [0.1, 0.15) is 0 Å². The van der Waals surface area contributed by atoms with Gasteiger partial charge in [-0.1, -0.05) is 30.3 Å². The molecular formula is C14H20N2O2. The van der Waals surface area contributed by atoms with E-state index in [0.717, 1.165) is 18.4 Å². The lowest BCUT2D eigenvalue weighted by Crippen LogP contribution is -2.44. The Morgan fingerprint density at radius 2 is 2.06 bits per heavy atom. The summed E-state index contributed by atoms with van der Waals surface area (Å²) >= 11 is 0. The number of carbonyl (C=O) groups is 1. The molecule has 0 saturated heterocycles. The molecule has 1 aromatic rings. The molecule has 0 spiro atoms. The van der Waals surface area contributed by atoms with Gasteiger partial charge in [-0.3, -0.25) is 4.79 Å². The van der Waals surface area contributed by atoms with Crippen molar-refractivity contribution in [2.24, 2.45) is 0 Å². The van der Waals surface area contributed by atoms with Crippen LogP contribution in [0.2, 0.25) is 0 Å². The number of aliphatic hydroxyl groups excluding tert-OH is 1. The van der Waals surface area contributed by atoms with E-state index in [2.05, 4.69) is 10.6 Å². The summed E-state index contributed by atoms with van der Waals surface area (Å²) in [4.78, 5) is 11.7. The quantitative estimate of drug-likeness (QED) is 0.703. The van der Waals surface area contributed by atoms with Crippen molar-refractivity contribution in [2.45, 2.75) is 38.0 Å². The van der Waals surface area contributed by atoms with E-state index in [4.69, 9.17) is 0 Å². The highest BCUT2D eigenvalue weighted by Gasteiger charge is 2.25. The van der Waals surface area contributed by atoms with Gasteiger partial charge in [0.2, 0.25) is 5.91 Å². The number of nitrogens with one attached hydrogen (secondary N) is 2. The zero-order valence-electron chi connectivity index (χ0n) is 10.6. The van der Waals surface area contributed by atoms with Crippen molar-refractivity contribution in [2.75, 3.05) is 6.54 Å². The zero-order chi connectivity index (χ0) is 13.0. The van der Waals surface area contributed by atoms with E-state index in [9.17, 15) is 9.90 Å². The molecule has 2 unspecified atom stereocenters. The fraction of sp³-hybridized carbons (Fsp3) is 0.500.